The van der Waals surface area contributed by atoms with Crippen molar-refractivity contribution >= 4 is 21.6 Å². The van der Waals surface area contributed by atoms with Crippen molar-refractivity contribution in [1.82, 2.24) is 14.4 Å². The van der Waals surface area contributed by atoms with Crippen LogP contribution in [0.25, 0.3) is 11.4 Å². The standard InChI is InChI=1S/C23H26N4O5S/c1-16-3-6-19(15-17(16)2)24-21(28)9-10-22-25-23(26-32-22)18-4-7-20(8-5-18)33(29,30)27-11-13-31-14-12-27/h3-8,15H,9-14H2,1-2H3,(H,24,28). The molecule has 2 heterocycles. The summed E-state index contributed by atoms with van der Waals surface area (Å²) in [7, 11) is -3.56. The van der Waals surface area contributed by atoms with Crippen LogP contribution in [0, 0.1) is 13.8 Å². The van der Waals surface area contributed by atoms with E-state index in [2.05, 4.69) is 15.5 Å². The van der Waals surface area contributed by atoms with E-state index in [4.69, 9.17) is 9.26 Å². The van der Waals surface area contributed by atoms with Crippen LogP contribution in [0.15, 0.2) is 51.9 Å². The minimum absolute atomic E-state index is 0.143. The van der Waals surface area contributed by atoms with Crippen molar-refractivity contribution in [3.63, 3.8) is 0 Å². The largest absolute Gasteiger partial charge is 0.379 e. The van der Waals surface area contributed by atoms with Gasteiger partial charge < -0.3 is 14.6 Å². The quantitative estimate of drug-likeness (QED) is 0.565. The number of carbonyl (C=O) groups excluding carboxylic acids is 1. The number of aryl methyl sites for hydroxylation is 3. The Balaban J connectivity index is 1.36. The van der Waals surface area contributed by atoms with Gasteiger partial charge in [0, 0.05) is 37.2 Å². The Morgan fingerprint density at radius 1 is 1.06 bits per heavy atom. The average Bonchev–Trinajstić information content (AvgIpc) is 3.30. The van der Waals surface area contributed by atoms with Crippen molar-refractivity contribution in [2.45, 2.75) is 31.6 Å². The molecule has 1 saturated heterocycles. The van der Waals surface area contributed by atoms with Crippen molar-refractivity contribution in [3.8, 4) is 11.4 Å². The van der Waals surface area contributed by atoms with E-state index >= 15 is 0 Å². The van der Waals surface area contributed by atoms with E-state index in [0.717, 1.165) is 16.8 Å². The normalized spacial score (nSPS) is 14.8. The van der Waals surface area contributed by atoms with Gasteiger partial charge in [-0.1, -0.05) is 11.2 Å². The van der Waals surface area contributed by atoms with Crippen LogP contribution >= 0.6 is 0 Å². The Morgan fingerprint density at radius 2 is 1.79 bits per heavy atom. The second-order valence-electron chi connectivity index (χ2n) is 7.90. The molecule has 2 aromatic carbocycles. The molecule has 10 heteroatoms. The summed E-state index contributed by atoms with van der Waals surface area (Å²) in [5.74, 6) is 0.538. The molecule has 0 atom stereocenters. The molecule has 9 nitrogen and oxygen atoms in total. The van der Waals surface area contributed by atoms with Gasteiger partial charge in [0.15, 0.2) is 0 Å². The average molecular weight is 471 g/mol. The molecule has 174 valence electrons. The van der Waals surface area contributed by atoms with Crippen LogP contribution in [0.5, 0.6) is 0 Å². The van der Waals surface area contributed by atoms with Crippen LogP contribution in [0.4, 0.5) is 5.69 Å². The first-order valence-corrected chi connectivity index (χ1v) is 12.1. The molecule has 0 aliphatic carbocycles. The first-order chi connectivity index (χ1) is 15.8. The summed E-state index contributed by atoms with van der Waals surface area (Å²) in [6.45, 7) is 5.49. The number of anilines is 1. The Labute approximate surface area is 192 Å². The number of nitrogens with zero attached hydrogens (tertiary/aromatic N) is 3. The van der Waals surface area contributed by atoms with E-state index in [1.54, 1.807) is 12.1 Å². The van der Waals surface area contributed by atoms with Gasteiger partial charge in [-0.25, -0.2) is 8.42 Å². The van der Waals surface area contributed by atoms with Crippen molar-refractivity contribution in [2.75, 3.05) is 31.6 Å². The van der Waals surface area contributed by atoms with E-state index in [1.165, 1.54) is 16.4 Å². The summed E-state index contributed by atoms with van der Waals surface area (Å²) < 4.78 is 37.4. The molecule has 3 aromatic rings. The predicted molar refractivity (Wildman–Crippen MR) is 122 cm³/mol. The maximum atomic E-state index is 12.7. The Hall–Kier alpha value is -3.08. The Kier molecular flexibility index (Phi) is 6.87. The summed E-state index contributed by atoms with van der Waals surface area (Å²) in [5.41, 5.74) is 3.66. The fourth-order valence-electron chi connectivity index (χ4n) is 3.45. The van der Waals surface area contributed by atoms with Gasteiger partial charge in [0.25, 0.3) is 0 Å². The first-order valence-electron chi connectivity index (χ1n) is 10.7. The number of hydrogen-bond donors (Lipinski definition) is 1. The van der Waals surface area contributed by atoms with Gasteiger partial charge in [-0.15, -0.1) is 0 Å². The summed E-state index contributed by atoms with van der Waals surface area (Å²) in [6, 6.07) is 12.1. The van der Waals surface area contributed by atoms with Crippen LogP contribution in [-0.4, -0.2) is 55.1 Å². The van der Waals surface area contributed by atoms with E-state index < -0.39 is 10.0 Å². The summed E-state index contributed by atoms with van der Waals surface area (Å²) >= 11 is 0. The molecule has 0 spiro atoms. The fourth-order valence-corrected chi connectivity index (χ4v) is 4.86. The third-order valence-corrected chi connectivity index (χ3v) is 7.46. The minimum Gasteiger partial charge on any atom is -0.379 e. The van der Waals surface area contributed by atoms with E-state index in [0.29, 0.717) is 50.0 Å². The molecule has 1 N–H and O–H groups in total. The highest BCUT2D eigenvalue weighted by Crippen LogP contribution is 2.22. The van der Waals surface area contributed by atoms with Gasteiger partial charge in [-0.3, -0.25) is 4.79 Å². The highest BCUT2D eigenvalue weighted by atomic mass is 32.2. The van der Waals surface area contributed by atoms with Gasteiger partial charge in [0.2, 0.25) is 27.6 Å². The van der Waals surface area contributed by atoms with Gasteiger partial charge in [0.1, 0.15) is 0 Å². The smallest absolute Gasteiger partial charge is 0.243 e. The van der Waals surface area contributed by atoms with Crippen LogP contribution in [-0.2, 0) is 26.0 Å². The molecule has 0 saturated carbocycles. The summed E-state index contributed by atoms with van der Waals surface area (Å²) in [5, 5.41) is 6.83. The zero-order valence-electron chi connectivity index (χ0n) is 18.6. The van der Waals surface area contributed by atoms with Crippen molar-refractivity contribution in [2.24, 2.45) is 0 Å². The number of nitrogens with one attached hydrogen (secondary N) is 1. The van der Waals surface area contributed by atoms with Gasteiger partial charge in [-0.2, -0.15) is 9.29 Å². The van der Waals surface area contributed by atoms with Crippen molar-refractivity contribution in [1.29, 1.82) is 0 Å². The molecule has 0 radical (unpaired) electrons. The highest BCUT2D eigenvalue weighted by molar-refractivity contribution is 7.89. The SMILES string of the molecule is Cc1ccc(NC(=O)CCc2nc(-c3ccc(S(=O)(=O)N4CCOCC4)cc3)no2)cc1C. The fraction of sp³-hybridized carbons (Fsp3) is 0.348. The van der Waals surface area contributed by atoms with Crippen LogP contribution in [0.1, 0.15) is 23.4 Å². The molecular weight excluding hydrogens is 444 g/mol. The number of hydrogen-bond acceptors (Lipinski definition) is 7. The molecule has 4 rings (SSSR count). The number of rotatable bonds is 7. The molecule has 0 bridgehead atoms. The van der Waals surface area contributed by atoms with Crippen LogP contribution < -0.4 is 5.32 Å². The molecule has 1 aromatic heterocycles. The zero-order chi connectivity index (χ0) is 23.4. The predicted octanol–water partition coefficient (Wildman–Crippen LogP) is 2.95. The van der Waals surface area contributed by atoms with E-state index in [9.17, 15) is 13.2 Å². The number of sulfonamides is 1. The topological polar surface area (TPSA) is 115 Å². The Morgan fingerprint density at radius 3 is 2.48 bits per heavy atom. The number of amides is 1. The lowest BCUT2D eigenvalue weighted by molar-refractivity contribution is -0.116. The van der Waals surface area contributed by atoms with Crippen molar-refractivity contribution in [3.05, 3.63) is 59.5 Å². The lowest BCUT2D eigenvalue weighted by atomic mass is 10.1. The van der Waals surface area contributed by atoms with Gasteiger partial charge in [-0.05, 0) is 61.4 Å². The molecular formula is C23H26N4O5S. The van der Waals surface area contributed by atoms with E-state index in [1.807, 2.05) is 32.0 Å². The molecule has 0 unspecified atom stereocenters. The number of benzene rings is 2. The lowest BCUT2D eigenvalue weighted by Gasteiger charge is -2.26. The van der Waals surface area contributed by atoms with Crippen LogP contribution in [0.2, 0.25) is 0 Å². The zero-order valence-corrected chi connectivity index (χ0v) is 19.4. The van der Waals surface area contributed by atoms with Crippen LogP contribution in [0.3, 0.4) is 0 Å². The maximum Gasteiger partial charge on any atom is 0.243 e. The summed E-state index contributed by atoms with van der Waals surface area (Å²) in [4.78, 5) is 16.8. The Bertz CT molecular complexity index is 1230. The number of aromatic nitrogens is 2. The minimum atomic E-state index is -3.56. The summed E-state index contributed by atoms with van der Waals surface area (Å²) in [6.07, 6.45) is 0.498. The first kappa shape index (κ1) is 23.1. The maximum absolute atomic E-state index is 12.7. The molecule has 1 fully saturated rings. The molecule has 1 aliphatic rings. The van der Waals surface area contributed by atoms with Gasteiger partial charge >= 0.3 is 0 Å². The second kappa shape index (κ2) is 9.82. The molecule has 1 aliphatic heterocycles. The number of carbonyl (C=O) groups is 1. The third-order valence-electron chi connectivity index (χ3n) is 5.55. The van der Waals surface area contributed by atoms with Crippen molar-refractivity contribution < 1.29 is 22.5 Å². The number of ether oxygens (including phenoxy) is 1. The van der Waals surface area contributed by atoms with E-state index in [-0.39, 0.29) is 17.2 Å². The molecule has 1 amide bonds. The third kappa shape index (κ3) is 5.47. The second-order valence-corrected chi connectivity index (χ2v) is 9.84. The molecule has 33 heavy (non-hydrogen) atoms. The monoisotopic (exact) mass is 470 g/mol. The number of morpholine rings is 1. The highest BCUT2D eigenvalue weighted by Gasteiger charge is 2.26. The van der Waals surface area contributed by atoms with Gasteiger partial charge in [0.05, 0.1) is 18.1 Å². The lowest BCUT2D eigenvalue weighted by Crippen LogP contribution is -2.40.